The van der Waals surface area contributed by atoms with E-state index in [4.69, 9.17) is 10.5 Å². The zero-order valence-corrected chi connectivity index (χ0v) is 11.2. The summed E-state index contributed by atoms with van der Waals surface area (Å²) in [5.74, 6) is 0.416. The Bertz CT molecular complexity index is 197. The molecule has 0 aliphatic rings. The molecule has 0 aromatic carbocycles. The topological polar surface area (TPSA) is 52.3 Å². The number of hydrogen-bond donors (Lipinski definition) is 1. The summed E-state index contributed by atoms with van der Waals surface area (Å²) in [5, 5.41) is 0. The van der Waals surface area contributed by atoms with E-state index in [0.717, 1.165) is 19.3 Å². The van der Waals surface area contributed by atoms with Crippen LogP contribution in [0.1, 0.15) is 53.4 Å². The van der Waals surface area contributed by atoms with E-state index in [9.17, 15) is 4.79 Å². The zero-order valence-electron chi connectivity index (χ0n) is 11.2. The van der Waals surface area contributed by atoms with Crippen molar-refractivity contribution in [1.82, 2.24) is 0 Å². The van der Waals surface area contributed by atoms with Crippen LogP contribution in [0.15, 0.2) is 0 Å². The maximum Gasteiger partial charge on any atom is 0.305 e. The van der Waals surface area contributed by atoms with Gasteiger partial charge >= 0.3 is 5.97 Å². The quantitative estimate of drug-likeness (QED) is 0.683. The molecule has 0 radical (unpaired) electrons. The molecule has 0 aliphatic heterocycles. The van der Waals surface area contributed by atoms with E-state index >= 15 is 0 Å². The molecule has 0 amide bonds. The van der Waals surface area contributed by atoms with Gasteiger partial charge in [-0.3, -0.25) is 4.79 Å². The summed E-state index contributed by atoms with van der Waals surface area (Å²) in [6, 6.07) is 0. The highest BCUT2D eigenvalue weighted by molar-refractivity contribution is 5.69. The van der Waals surface area contributed by atoms with E-state index in [2.05, 4.69) is 20.8 Å². The van der Waals surface area contributed by atoms with Crippen molar-refractivity contribution in [2.24, 2.45) is 17.1 Å². The van der Waals surface area contributed by atoms with Gasteiger partial charge in [0.15, 0.2) is 0 Å². The molecule has 0 heterocycles. The first-order chi connectivity index (χ1) is 7.41. The lowest BCUT2D eigenvalue weighted by atomic mass is 9.76. The smallest absolute Gasteiger partial charge is 0.305 e. The Morgan fingerprint density at radius 2 is 1.94 bits per heavy atom. The van der Waals surface area contributed by atoms with Crippen LogP contribution in [0.4, 0.5) is 0 Å². The Morgan fingerprint density at radius 1 is 1.31 bits per heavy atom. The number of esters is 1. The number of nitrogens with two attached hydrogens (primary N) is 1. The molecule has 0 spiro atoms. The van der Waals surface area contributed by atoms with Crippen LogP contribution in [0.2, 0.25) is 0 Å². The van der Waals surface area contributed by atoms with Gasteiger partial charge in [0.25, 0.3) is 0 Å². The predicted octanol–water partition coefficient (Wildman–Crippen LogP) is 2.73. The second kappa shape index (κ2) is 7.66. The summed E-state index contributed by atoms with van der Waals surface area (Å²) in [5.41, 5.74) is 5.81. The molecule has 0 fully saturated rings. The molecule has 0 bridgehead atoms. The van der Waals surface area contributed by atoms with E-state index in [-0.39, 0.29) is 11.4 Å². The Kier molecular flexibility index (Phi) is 7.39. The van der Waals surface area contributed by atoms with Crippen LogP contribution in [0.3, 0.4) is 0 Å². The molecule has 2 N–H and O–H groups in total. The van der Waals surface area contributed by atoms with Crippen LogP contribution in [0, 0.1) is 11.3 Å². The molecule has 0 aromatic heterocycles. The molecule has 96 valence electrons. The van der Waals surface area contributed by atoms with Gasteiger partial charge in [-0.2, -0.15) is 0 Å². The largest absolute Gasteiger partial charge is 0.466 e. The standard InChI is InChI=1S/C13H27NO2/c1-5-10-16-12(15)7-6-11(8-9-14)13(2,3)4/h11H,5-10,14H2,1-4H3. The lowest BCUT2D eigenvalue weighted by molar-refractivity contribution is -0.144. The molecule has 3 heteroatoms. The molecule has 0 aromatic rings. The van der Waals surface area contributed by atoms with Crippen molar-refractivity contribution in [3.63, 3.8) is 0 Å². The molecule has 3 nitrogen and oxygen atoms in total. The first kappa shape index (κ1) is 15.4. The fourth-order valence-electron chi connectivity index (χ4n) is 1.79. The monoisotopic (exact) mass is 229 g/mol. The highest BCUT2D eigenvalue weighted by Gasteiger charge is 2.24. The molecule has 0 saturated heterocycles. The highest BCUT2D eigenvalue weighted by Crippen LogP contribution is 2.32. The second-order valence-corrected chi connectivity index (χ2v) is 5.40. The summed E-state index contributed by atoms with van der Waals surface area (Å²) in [6.45, 7) is 9.82. The van der Waals surface area contributed by atoms with E-state index in [0.29, 0.717) is 25.5 Å². The fraction of sp³-hybridized carbons (Fsp3) is 0.923. The molecule has 1 atom stereocenters. The molecular formula is C13H27NO2. The maximum atomic E-state index is 11.4. The van der Waals surface area contributed by atoms with Gasteiger partial charge in [0.1, 0.15) is 0 Å². The lowest BCUT2D eigenvalue weighted by Crippen LogP contribution is -2.24. The van der Waals surface area contributed by atoms with Crippen LogP contribution < -0.4 is 5.73 Å². The SMILES string of the molecule is CCCOC(=O)CCC(CCN)C(C)(C)C. The van der Waals surface area contributed by atoms with Gasteiger partial charge < -0.3 is 10.5 Å². The normalized spacial score (nSPS) is 13.6. The van der Waals surface area contributed by atoms with Gasteiger partial charge in [0, 0.05) is 6.42 Å². The van der Waals surface area contributed by atoms with Crippen molar-refractivity contribution < 1.29 is 9.53 Å². The number of carbonyl (C=O) groups excluding carboxylic acids is 1. The van der Waals surface area contributed by atoms with Gasteiger partial charge in [-0.25, -0.2) is 0 Å². The van der Waals surface area contributed by atoms with E-state index in [1.54, 1.807) is 0 Å². The first-order valence-electron chi connectivity index (χ1n) is 6.27. The van der Waals surface area contributed by atoms with Crippen molar-refractivity contribution in [3.05, 3.63) is 0 Å². The predicted molar refractivity (Wildman–Crippen MR) is 67.1 cm³/mol. The molecule has 0 saturated carbocycles. The van der Waals surface area contributed by atoms with Gasteiger partial charge in [-0.15, -0.1) is 0 Å². The van der Waals surface area contributed by atoms with E-state index in [1.807, 2.05) is 6.92 Å². The van der Waals surface area contributed by atoms with Crippen molar-refractivity contribution in [1.29, 1.82) is 0 Å². The van der Waals surface area contributed by atoms with Gasteiger partial charge in [-0.1, -0.05) is 27.7 Å². The van der Waals surface area contributed by atoms with Crippen LogP contribution in [-0.4, -0.2) is 19.1 Å². The summed E-state index contributed by atoms with van der Waals surface area (Å²) in [4.78, 5) is 11.4. The van der Waals surface area contributed by atoms with Crippen LogP contribution >= 0.6 is 0 Å². The third-order valence-corrected chi connectivity index (χ3v) is 2.90. The Balaban J connectivity index is 3.97. The third kappa shape index (κ3) is 6.83. The van der Waals surface area contributed by atoms with Gasteiger partial charge in [0.05, 0.1) is 6.61 Å². The Labute approximate surface area is 99.7 Å². The van der Waals surface area contributed by atoms with Crippen molar-refractivity contribution in [2.45, 2.75) is 53.4 Å². The van der Waals surface area contributed by atoms with E-state index < -0.39 is 0 Å². The number of carbonyl (C=O) groups is 1. The second-order valence-electron chi connectivity index (χ2n) is 5.40. The van der Waals surface area contributed by atoms with E-state index in [1.165, 1.54) is 0 Å². The molecule has 0 aliphatic carbocycles. The molecule has 0 rings (SSSR count). The third-order valence-electron chi connectivity index (χ3n) is 2.90. The molecule has 16 heavy (non-hydrogen) atoms. The van der Waals surface area contributed by atoms with Crippen molar-refractivity contribution >= 4 is 5.97 Å². The van der Waals surface area contributed by atoms with Gasteiger partial charge in [0.2, 0.25) is 0 Å². The number of hydrogen-bond acceptors (Lipinski definition) is 3. The minimum absolute atomic E-state index is 0.0758. The summed E-state index contributed by atoms with van der Waals surface area (Å²) >= 11 is 0. The minimum atomic E-state index is -0.0758. The van der Waals surface area contributed by atoms with Crippen LogP contribution in [-0.2, 0) is 9.53 Å². The number of ether oxygens (including phenoxy) is 1. The molecular weight excluding hydrogens is 202 g/mol. The average Bonchev–Trinajstić information content (AvgIpc) is 2.19. The first-order valence-corrected chi connectivity index (χ1v) is 6.27. The maximum absolute atomic E-state index is 11.4. The van der Waals surface area contributed by atoms with Crippen LogP contribution in [0.25, 0.3) is 0 Å². The Morgan fingerprint density at radius 3 is 2.38 bits per heavy atom. The minimum Gasteiger partial charge on any atom is -0.466 e. The van der Waals surface area contributed by atoms with Gasteiger partial charge in [-0.05, 0) is 37.1 Å². The fourth-order valence-corrected chi connectivity index (χ4v) is 1.79. The molecule has 1 unspecified atom stereocenters. The summed E-state index contributed by atoms with van der Waals surface area (Å²) < 4.78 is 5.06. The van der Waals surface area contributed by atoms with Crippen molar-refractivity contribution in [2.75, 3.05) is 13.2 Å². The highest BCUT2D eigenvalue weighted by atomic mass is 16.5. The Hall–Kier alpha value is -0.570. The number of rotatable bonds is 7. The summed E-state index contributed by atoms with van der Waals surface area (Å²) in [7, 11) is 0. The van der Waals surface area contributed by atoms with Crippen LogP contribution in [0.5, 0.6) is 0 Å². The summed E-state index contributed by atoms with van der Waals surface area (Å²) in [6.07, 6.45) is 3.26. The zero-order chi connectivity index (χ0) is 12.6. The average molecular weight is 229 g/mol. The lowest BCUT2D eigenvalue weighted by Gasteiger charge is -2.30. The van der Waals surface area contributed by atoms with Crippen molar-refractivity contribution in [3.8, 4) is 0 Å².